The van der Waals surface area contributed by atoms with Crippen molar-refractivity contribution in [2.75, 3.05) is 38.1 Å². The highest BCUT2D eigenvalue weighted by Gasteiger charge is 2.22. The Kier molecular flexibility index (Phi) is 4.87. The van der Waals surface area contributed by atoms with Crippen molar-refractivity contribution in [2.24, 2.45) is 5.92 Å². The summed E-state index contributed by atoms with van der Waals surface area (Å²) < 4.78 is 2.03. The summed E-state index contributed by atoms with van der Waals surface area (Å²) in [6.07, 6.45) is 10.5. The van der Waals surface area contributed by atoms with E-state index in [4.69, 9.17) is 0 Å². The molecule has 0 N–H and O–H groups in total. The number of nitrogens with zero attached hydrogens (tertiary/aromatic N) is 6. The van der Waals surface area contributed by atoms with Crippen LogP contribution in [0.5, 0.6) is 0 Å². The first-order valence-electron chi connectivity index (χ1n) is 8.35. The Morgan fingerprint density at radius 1 is 1.27 bits per heavy atom. The van der Waals surface area contributed by atoms with Gasteiger partial charge in [0.15, 0.2) is 5.65 Å². The van der Waals surface area contributed by atoms with Crippen molar-refractivity contribution in [1.82, 2.24) is 24.5 Å². The maximum Gasteiger partial charge on any atom is 0.180 e. The summed E-state index contributed by atoms with van der Waals surface area (Å²) in [5.74, 6) is 1.92. The molecular weight excluding hydrogens is 276 g/mol. The van der Waals surface area contributed by atoms with E-state index in [0.29, 0.717) is 0 Å². The van der Waals surface area contributed by atoms with Crippen molar-refractivity contribution in [3.63, 3.8) is 0 Å². The summed E-state index contributed by atoms with van der Waals surface area (Å²) in [6, 6.07) is 0. The maximum absolute atomic E-state index is 4.29. The first-order valence-corrected chi connectivity index (χ1v) is 8.35. The van der Waals surface area contributed by atoms with Crippen LogP contribution in [-0.2, 0) is 0 Å². The van der Waals surface area contributed by atoms with E-state index >= 15 is 0 Å². The summed E-state index contributed by atoms with van der Waals surface area (Å²) in [5, 5.41) is 8.05. The van der Waals surface area contributed by atoms with E-state index in [1.165, 1.54) is 38.8 Å². The quantitative estimate of drug-likeness (QED) is 0.817. The number of anilines is 1. The predicted molar refractivity (Wildman–Crippen MR) is 88.1 cm³/mol. The van der Waals surface area contributed by atoms with Gasteiger partial charge in [-0.15, -0.1) is 10.2 Å². The van der Waals surface area contributed by atoms with E-state index in [-0.39, 0.29) is 0 Å². The fourth-order valence-electron chi connectivity index (χ4n) is 3.28. The van der Waals surface area contributed by atoms with Gasteiger partial charge in [-0.05, 0) is 38.8 Å². The number of unbranched alkanes of at least 4 members (excludes halogenated alkanes) is 1. The minimum Gasteiger partial charge on any atom is -0.356 e. The molecule has 2 aromatic heterocycles. The standard InChI is InChI=1S/C16H26N6/c1-3-4-7-20(2)12-14-5-8-21(9-6-14)16-11-17-10-15-19-18-13-22(15)16/h10-11,13-14H,3-9,12H2,1-2H3. The van der Waals surface area contributed by atoms with Crippen LogP contribution in [0.25, 0.3) is 5.65 Å². The molecule has 6 nitrogen and oxygen atoms in total. The van der Waals surface area contributed by atoms with E-state index in [0.717, 1.165) is 30.5 Å². The van der Waals surface area contributed by atoms with Gasteiger partial charge in [-0.25, -0.2) is 0 Å². The van der Waals surface area contributed by atoms with E-state index in [1.54, 1.807) is 12.5 Å². The Morgan fingerprint density at radius 2 is 2.09 bits per heavy atom. The van der Waals surface area contributed by atoms with Crippen LogP contribution >= 0.6 is 0 Å². The highest BCUT2D eigenvalue weighted by atomic mass is 15.3. The van der Waals surface area contributed by atoms with Crippen molar-refractivity contribution < 1.29 is 0 Å². The zero-order chi connectivity index (χ0) is 15.4. The van der Waals surface area contributed by atoms with Crippen molar-refractivity contribution in [2.45, 2.75) is 32.6 Å². The second kappa shape index (κ2) is 7.05. The molecule has 1 aliphatic rings. The summed E-state index contributed by atoms with van der Waals surface area (Å²) in [7, 11) is 2.25. The number of fused-ring (bicyclic) bond motifs is 1. The summed E-state index contributed by atoms with van der Waals surface area (Å²) in [5.41, 5.74) is 0.818. The highest BCUT2D eigenvalue weighted by Crippen LogP contribution is 2.23. The van der Waals surface area contributed by atoms with Gasteiger partial charge in [-0.3, -0.25) is 9.38 Å². The minimum absolute atomic E-state index is 0.811. The van der Waals surface area contributed by atoms with Crippen molar-refractivity contribution >= 4 is 11.5 Å². The predicted octanol–water partition coefficient (Wildman–Crippen LogP) is 2.07. The smallest absolute Gasteiger partial charge is 0.180 e. The number of hydrogen-bond acceptors (Lipinski definition) is 5. The zero-order valence-electron chi connectivity index (χ0n) is 13.6. The lowest BCUT2D eigenvalue weighted by Gasteiger charge is -2.35. The lowest BCUT2D eigenvalue weighted by atomic mass is 9.96. The SMILES string of the molecule is CCCCN(C)CC1CCN(c2cncc3nncn23)CC1. The van der Waals surface area contributed by atoms with Crippen LogP contribution in [0.2, 0.25) is 0 Å². The van der Waals surface area contributed by atoms with Gasteiger partial charge >= 0.3 is 0 Å². The average molecular weight is 302 g/mol. The van der Waals surface area contributed by atoms with Gasteiger partial charge in [-0.2, -0.15) is 0 Å². The molecule has 1 fully saturated rings. The normalized spacial score (nSPS) is 16.8. The molecule has 2 aromatic rings. The van der Waals surface area contributed by atoms with E-state index in [9.17, 15) is 0 Å². The topological polar surface area (TPSA) is 49.6 Å². The third-order valence-corrected chi connectivity index (χ3v) is 4.60. The van der Waals surface area contributed by atoms with Crippen LogP contribution in [0.15, 0.2) is 18.7 Å². The Hall–Kier alpha value is -1.69. The molecule has 1 saturated heterocycles. The molecule has 0 saturated carbocycles. The molecule has 6 heteroatoms. The molecule has 3 heterocycles. The number of aromatic nitrogens is 4. The molecule has 0 unspecified atom stereocenters. The number of rotatable bonds is 6. The molecule has 120 valence electrons. The third-order valence-electron chi connectivity index (χ3n) is 4.60. The second-order valence-electron chi connectivity index (χ2n) is 6.37. The largest absolute Gasteiger partial charge is 0.356 e. The number of piperidine rings is 1. The molecule has 0 radical (unpaired) electrons. The van der Waals surface area contributed by atoms with E-state index < -0.39 is 0 Å². The van der Waals surface area contributed by atoms with Crippen molar-refractivity contribution in [3.8, 4) is 0 Å². The Labute approximate surface area is 132 Å². The van der Waals surface area contributed by atoms with Crippen molar-refractivity contribution in [1.29, 1.82) is 0 Å². The Morgan fingerprint density at radius 3 is 2.86 bits per heavy atom. The summed E-state index contributed by atoms with van der Waals surface area (Å²) >= 11 is 0. The lowest BCUT2D eigenvalue weighted by molar-refractivity contribution is 0.245. The lowest BCUT2D eigenvalue weighted by Crippen LogP contribution is -2.38. The molecule has 0 atom stereocenters. The van der Waals surface area contributed by atoms with Gasteiger partial charge in [-0.1, -0.05) is 13.3 Å². The summed E-state index contributed by atoms with van der Waals surface area (Å²) in [6.45, 7) is 6.88. The average Bonchev–Trinajstić information content (AvgIpc) is 3.02. The van der Waals surface area contributed by atoms with Crippen LogP contribution in [0, 0.1) is 5.92 Å². The first-order chi connectivity index (χ1) is 10.8. The van der Waals surface area contributed by atoms with Crippen LogP contribution < -0.4 is 4.90 Å². The monoisotopic (exact) mass is 302 g/mol. The molecule has 22 heavy (non-hydrogen) atoms. The van der Waals surface area contributed by atoms with Gasteiger partial charge in [0.25, 0.3) is 0 Å². The van der Waals surface area contributed by atoms with Crippen LogP contribution in [-0.4, -0.2) is 57.7 Å². The van der Waals surface area contributed by atoms with E-state index in [1.807, 2.05) is 10.6 Å². The fraction of sp³-hybridized carbons (Fsp3) is 0.688. The molecule has 0 aliphatic carbocycles. The Balaban J connectivity index is 1.56. The first kappa shape index (κ1) is 15.2. The van der Waals surface area contributed by atoms with Gasteiger partial charge in [0.05, 0.1) is 12.4 Å². The molecule has 0 aromatic carbocycles. The molecule has 0 amide bonds. The second-order valence-corrected chi connectivity index (χ2v) is 6.37. The summed E-state index contributed by atoms with van der Waals surface area (Å²) in [4.78, 5) is 9.19. The van der Waals surface area contributed by atoms with Crippen LogP contribution in [0.1, 0.15) is 32.6 Å². The minimum atomic E-state index is 0.811. The zero-order valence-corrected chi connectivity index (χ0v) is 13.6. The molecule has 0 spiro atoms. The molecule has 0 bridgehead atoms. The number of hydrogen-bond donors (Lipinski definition) is 0. The third kappa shape index (κ3) is 3.38. The molecular formula is C16H26N6. The maximum atomic E-state index is 4.29. The Bertz CT molecular complexity index is 587. The van der Waals surface area contributed by atoms with Gasteiger partial charge < -0.3 is 9.80 Å². The van der Waals surface area contributed by atoms with Gasteiger partial charge in [0.2, 0.25) is 0 Å². The van der Waals surface area contributed by atoms with Crippen LogP contribution in [0.3, 0.4) is 0 Å². The molecule has 3 rings (SSSR count). The van der Waals surface area contributed by atoms with Gasteiger partial charge in [0.1, 0.15) is 12.1 Å². The fourth-order valence-corrected chi connectivity index (χ4v) is 3.28. The van der Waals surface area contributed by atoms with E-state index in [2.05, 4.69) is 39.0 Å². The van der Waals surface area contributed by atoms with Crippen molar-refractivity contribution in [3.05, 3.63) is 18.7 Å². The molecule has 1 aliphatic heterocycles. The highest BCUT2D eigenvalue weighted by molar-refractivity contribution is 5.47. The van der Waals surface area contributed by atoms with Crippen LogP contribution in [0.4, 0.5) is 5.82 Å². The van der Waals surface area contributed by atoms with Gasteiger partial charge in [0, 0.05) is 19.6 Å².